The Morgan fingerprint density at radius 2 is 2.24 bits per heavy atom. The van der Waals surface area contributed by atoms with E-state index in [0.29, 0.717) is 6.54 Å². The van der Waals surface area contributed by atoms with Gasteiger partial charge in [-0.15, -0.1) is 6.42 Å². The highest BCUT2D eigenvalue weighted by molar-refractivity contribution is 5.89. The van der Waals surface area contributed by atoms with Crippen LogP contribution in [0.4, 0.5) is 0 Å². The van der Waals surface area contributed by atoms with Crippen molar-refractivity contribution in [2.45, 2.75) is 6.54 Å². The number of aromatic nitrogens is 1. The first kappa shape index (κ1) is 11.0. The topological polar surface area (TPSA) is 48.1 Å². The monoisotopic (exact) mass is 226 g/mol. The maximum atomic E-state index is 10.3. The molecule has 1 heterocycles. The van der Waals surface area contributed by atoms with Gasteiger partial charge in [-0.25, -0.2) is 0 Å². The van der Waals surface area contributed by atoms with Gasteiger partial charge in [-0.1, -0.05) is 24.1 Å². The second-order valence-electron chi connectivity index (χ2n) is 3.53. The number of nitro groups is 1. The first-order chi connectivity index (χ1) is 8.22. The van der Waals surface area contributed by atoms with E-state index in [1.54, 1.807) is 0 Å². The zero-order chi connectivity index (χ0) is 12.3. The Morgan fingerprint density at radius 1 is 1.47 bits per heavy atom. The summed E-state index contributed by atoms with van der Waals surface area (Å²) in [6.45, 7) is 0.451. The van der Waals surface area contributed by atoms with E-state index in [2.05, 4.69) is 5.92 Å². The molecule has 1 aromatic carbocycles. The third kappa shape index (κ3) is 2.18. The fraction of sp³-hybridized carbons (Fsp3) is 0.0769. The molecule has 0 atom stereocenters. The molecule has 0 unspecified atom stereocenters. The van der Waals surface area contributed by atoms with E-state index in [1.165, 1.54) is 6.08 Å². The second kappa shape index (κ2) is 4.54. The zero-order valence-electron chi connectivity index (χ0n) is 9.04. The zero-order valence-corrected chi connectivity index (χ0v) is 9.04. The highest BCUT2D eigenvalue weighted by Crippen LogP contribution is 2.22. The van der Waals surface area contributed by atoms with Gasteiger partial charge in [0.15, 0.2) is 0 Å². The standard InChI is InChI=1S/C13H10N2O2/c1-2-8-14-10-11(7-9-15(16)17)12-5-3-4-6-13(12)14/h1,3-7,9-10H,8H2. The van der Waals surface area contributed by atoms with Gasteiger partial charge in [0.25, 0.3) is 0 Å². The molecule has 0 aliphatic carbocycles. The van der Waals surface area contributed by atoms with E-state index in [1.807, 2.05) is 35.0 Å². The SMILES string of the molecule is C#CCn1cc(C=C[N+](=O)[O-])c2ccccc21. The number of hydrogen-bond donors (Lipinski definition) is 0. The number of terminal acetylenes is 1. The van der Waals surface area contributed by atoms with Crippen molar-refractivity contribution in [1.29, 1.82) is 0 Å². The number of para-hydroxylation sites is 1. The van der Waals surface area contributed by atoms with Gasteiger partial charge < -0.3 is 4.57 Å². The molecule has 4 nitrogen and oxygen atoms in total. The predicted octanol–water partition coefficient (Wildman–Crippen LogP) is 2.52. The van der Waals surface area contributed by atoms with Gasteiger partial charge in [-0.3, -0.25) is 10.1 Å². The van der Waals surface area contributed by atoms with Gasteiger partial charge in [0.2, 0.25) is 6.20 Å². The van der Waals surface area contributed by atoms with Crippen LogP contribution in [0.15, 0.2) is 36.7 Å². The number of benzene rings is 1. The Kier molecular flexibility index (Phi) is 2.93. The summed E-state index contributed by atoms with van der Waals surface area (Å²) in [6, 6.07) is 7.67. The summed E-state index contributed by atoms with van der Waals surface area (Å²) in [5.41, 5.74) is 1.78. The second-order valence-corrected chi connectivity index (χ2v) is 3.53. The van der Waals surface area contributed by atoms with Crippen LogP contribution in [-0.2, 0) is 6.54 Å². The number of nitrogens with zero attached hydrogens (tertiary/aromatic N) is 2. The Balaban J connectivity index is 2.57. The summed E-state index contributed by atoms with van der Waals surface area (Å²) in [5.74, 6) is 2.56. The van der Waals surface area contributed by atoms with Crippen LogP contribution in [0.5, 0.6) is 0 Å². The number of fused-ring (bicyclic) bond motifs is 1. The maximum Gasteiger partial charge on any atom is 0.235 e. The number of rotatable bonds is 3. The molecule has 0 fully saturated rings. The molecular formula is C13H10N2O2. The Labute approximate surface area is 98.3 Å². The van der Waals surface area contributed by atoms with Crippen molar-refractivity contribution in [3.05, 3.63) is 52.3 Å². The molecule has 17 heavy (non-hydrogen) atoms. The van der Waals surface area contributed by atoms with Crippen molar-refractivity contribution < 1.29 is 4.92 Å². The van der Waals surface area contributed by atoms with Crippen LogP contribution in [-0.4, -0.2) is 9.49 Å². The molecule has 2 rings (SSSR count). The molecule has 84 valence electrons. The lowest BCUT2D eigenvalue weighted by atomic mass is 10.2. The van der Waals surface area contributed by atoms with Gasteiger partial charge >= 0.3 is 0 Å². The lowest BCUT2D eigenvalue weighted by molar-refractivity contribution is -0.400. The minimum atomic E-state index is -0.479. The van der Waals surface area contributed by atoms with Crippen molar-refractivity contribution in [3.63, 3.8) is 0 Å². The molecule has 0 saturated heterocycles. The highest BCUT2D eigenvalue weighted by atomic mass is 16.6. The molecule has 0 aliphatic heterocycles. The summed E-state index contributed by atoms with van der Waals surface area (Å²) >= 11 is 0. The van der Waals surface area contributed by atoms with Crippen LogP contribution >= 0.6 is 0 Å². The maximum absolute atomic E-state index is 10.3. The Morgan fingerprint density at radius 3 is 2.94 bits per heavy atom. The van der Waals surface area contributed by atoms with Gasteiger partial charge in [0.05, 0.1) is 11.5 Å². The van der Waals surface area contributed by atoms with Crippen molar-refractivity contribution in [3.8, 4) is 12.3 Å². The molecule has 0 radical (unpaired) electrons. The minimum absolute atomic E-state index is 0.451. The summed E-state index contributed by atoms with van der Waals surface area (Å²) in [6.07, 6.45) is 9.52. The average molecular weight is 226 g/mol. The molecule has 0 saturated carbocycles. The first-order valence-corrected chi connectivity index (χ1v) is 5.05. The highest BCUT2D eigenvalue weighted by Gasteiger charge is 2.05. The van der Waals surface area contributed by atoms with Crippen molar-refractivity contribution in [2.75, 3.05) is 0 Å². The van der Waals surface area contributed by atoms with Crippen LogP contribution in [0.25, 0.3) is 17.0 Å². The van der Waals surface area contributed by atoms with Gasteiger partial charge in [-0.05, 0) is 6.07 Å². The number of hydrogen-bond acceptors (Lipinski definition) is 2. The third-order valence-electron chi connectivity index (χ3n) is 2.46. The van der Waals surface area contributed by atoms with Crippen LogP contribution < -0.4 is 0 Å². The van der Waals surface area contributed by atoms with Crippen molar-refractivity contribution in [1.82, 2.24) is 4.57 Å². The molecule has 0 N–H and O–H groups in total. The van der Waals surface area contributed by atoms with Crippen LogP contribution in [0.2, 0.25) is 0 Å². The summed E-state index contributed by atoms with van der Waals surface area (Å²) < 4.78 is 1.90. The van der Waals surface area contributed by atoms with Crippen LogP contribution in [0, 0.1) is 22.5 Å². The molecule has 0 aliphatic rings. The van der Waals surface area contributed by atoms with Crippen LogP contribution in [0.3, 0.4) is 0 Å². The van der Waals surface area contributed by atoms with Gasteiger partial charge in [0, 0.05) is 28.7 Å². The Hall–Kier alpha value is -2.54. The van der Waals surface area contributed by atoms with E-state index in [9.17, 15) is 10.1 Å². The normalized spacial score (nSPS) is 10.8. The van der Waals surface area contributed by atoms with E-state index in [0.717, 1.165) is 22.7 Å². The van der Waals surface area contributed by atoms with Crippen LogP contribution in [0.1, 0.15) is 5.56 Å². The van der Waals surface area contributed by atoms with Gasteiger partial charge in [0.1, 0.15) is 0 Å². The largest absolute Gasteiger partial charge is 0.335 e. The smallest absolute Gasteiger partial charge is 0.235 e. The third-order valence-corrected chi connectivity index (χ3v) is 2.46. The fourth-order valence-electron chi connectivity index (χ4n) is 1.78. The summed E-state index contributed by atoms with van der Waals surface area (Å²) in [5, 5.41) is 11.3. The van der Waals surface area contributed by atoms with E-state index < -0.39 is 4.92 Å². The van der Waals surface area contributed by atoms with Crippen molar-refractivity contribution >= 4 is 17.0 Å². The molecule has 2 aromatic rings. The molecule has 1 aromatic heterocycles. The van der Waals surface area contributed by atoms with E-state index in [-0.39, 0.29) is 0 Å². The van der Waals surface area contributed by atoms with E-state index >= 15 is 0 Å². The molecule has 4 heteroatoms. The van der Waals surface area contributed by atoms with Gasteiger partial charge in [-0.2, -0.15) is 0 Å². The predicted molar refractivity (Wildman–Crippen MR) is 66.8 cm³/mol. The minimum Gasteiger partial charge on any atom is -0.335 e. The summed E-state index contributed by atoms with van der Waals surface area (Å²) in [7, 11) is 0. The van der Waals surface area contributed by atoms with E-state index in [4.69, 9.17) is 6.42 Å². The molecular weight excluding hydrogens is 216 g/mol. The lowest BCUT2D eigenvalue weighted by Gasteiger charge is -1.97. The fourth-order valence-corrected chi connectivity index (χ4v) is 1.78. The Bertz CT molecular complexity index is 632. The first-order valence-electron chi connectivity index (χ1n) is 5.05. The quantitative estimate of drug-likeness (QED) is 0.458. The molecule has 0 bridgehead atoms. The lowest BCUT2D eigenvalue weighted by Crippen LogP contribution is -1.91. The average Bonchev–Trinajstić information content (AvgIpc) is 2.66. The van der Waals surface area contributed by atoms with Crippen molar-refractivity contribution in [2.24, 2.45) is 0 Å². The molecule has 0 spiro atoms. The molecule has 0 amide bonds. The summed E-state index contributed by atoms with van der Waals surface area (Å²) in [4.78, 5) is 9.84.